The molecule has 0 unspecified atom stereocenters. The lowest BCUT2D eigenvalue weighted by molar-refractivity contribution is -0.152. The maximum Gasteiger partial charge on any atom is 0.328 e. The molecule has 8 N–H and O–H groups in total. The van der Waals surface area contributed by atoms with Crippen LogP contribution < -0.4 is 42.5 Å². The topological polar surface area (TPSA) is 337 Å². The number of cyclic esters (lactones) is 2. The number of hydrogen-bond donors (Lipinski definition) is 8. The van der Waals surface area contributed by atoms with Gasteiger partial charge in [-0.2, -0.15) is 0 Å². The SMILES string of the molecule is CC(C)[C@@H]1NC(=O)[C@H](NC(=O)c2cnc3ccccc3n2)COC(=O)[C@H](C(C)C)NC(=O)[C@@H]2CSSC[C@H](NC1=O)C(=O)N[C@@H](C(C)C)C(=O)OC[C@@H](NC(=O)c1cnc3ccccc3n1)C(=O)N[C@@H](C(C)C)C(=O)N2. The molecule has 0 spiro atoms. The van der Waals surface area contributed by atoms with Crippen LogP contribution in [0.25, 0.3) is 22.1 Å². The first-order valence-electron chi connectivity index (χ1n) is 24.6. The van der Waals surface area contributed by atoms with Gasteiger partial charge in [0.1, 0.15) is 72.9 Å². The van der Waals surface area contributed by atoms with E-state index in [1.807, 2.05) is 0 Å². The standard InChI is InChI=1S/C50H62N12O12S2/c1-23(2)37-47(69)57-35-21-75-76-22-36(46(68)62-40(26(7)8)49(71)73-19-33(43(65)59-37)55-41(63)31-17-51-27-13-9-11-15-29(27)53-31)58-48(70)38(24(3)4)60-44(66)34(20-74-50(72)39(25(5)6)61-45(35)67)56-42(64)32-18-52-28-14-10-12-16-30(28)54-32/h9-18,23-26,33-40H,19-22H2,1-8H3,(H,55,63)(H,56,64)(H,57,69)(H,58,70)(H,59,65)(H,60,66)(H,61,67)(H,62,68)/t33-,34-,35+,36+,37+,38+,39+,40+/m1/s1. The molecule has 2 aromatic carbocycles. The average Bonchev–Trinajstić information content (AvgIpc) is 3.39. The van der Waals surface area contributed by atoms with Gasteiger partial charge in [0.25, 0.3) is 11.8 Å². The summed E-state index contributed by atoms with van der Waals surface area (Å²) in [5.74, 6) is -12.2. The number of amides is 8. The highest BCUT2D eigenvalue weighted by Crippen LogP contribution is 2.25. The van der Waals surface area contributed by atoms with Crippen molar-refractivity contribution >= 4 is 103 Å². The third-order valence-electron chi connectivity index (χ3n) is 12.1. The van der Waals surface area contributed by atoms with E-state index in [1.165, 1.54) is 12.4 Å². The highest BCUT2D eigenvalue weighted by Gasteiger charge is 2.39. The van der Waals surface area contributed by atoms with E-state index in [0.717, 1.165) is 21.6 Å². The lowest BCUT2D eigenvalue weighted by Crippen LogP contribution is -2.61. The van der Waals surface area contributed by atoms with Gasteiger partial charge in [-0.05, 0) is 47.9 Å². The van der Waals surface area contributed by atoms with E-state index in [2.05, 4.69) is 62.5 Å². The Balaban J connectivity index is 1.37. The smallest absolute Gasteiger partial charge is 0.328 e. The molecule has 2 aliphatic heterocycles. The molecule has 2 bridgehead atoms. The number of nitrogens with zero attached hydrogens (tertiary/aromatic N) is 4. The number of carbonyl (C=O) groups is 10. The maximum absolute atomic E-state index is 14.4. The fourth-order valence-corrected chi connectivity index (χ4v) is 10.0. The molecular formula is C50H62N12O12S2. The van der Waals surface area contributed by atoms with Gasteiger partial charge < -0.3 is 52.0 Å². The summed E-state index contributed by atoms with van der Waals surface area (Å²) in [4.78, 5) is 158. The Bertz CT molecular complexity index is 2660. The van der Waals surface area contributed by atoms with Gasteiger partial charge in [0.05, 0.1) is 34.5 Å². The molecule has 76 heavy (non-hydrogen) atoms. The summed E-state index contributed by atoms with van der Waals surface area (Å²) in [5.41, 5.74) is 1.36. The summed E-state index contributed by atoms with van der Waals surface area (Å²) >= 11 is 0. The second kappa shape index (κ2) is 26.3. The molecule has 8 amide bonds. The minimum Gasteiger partial charge on any atom is -0.461 e. The Morgan fingerprint density at radius 2 is 0.803 bits per heavy atom. The Kier molecular flexibility index (Phi) is 20.0. The molecule has 0 saturated carbocycles. The van der Waals surface area contributed by atoms with Crippen molar-refractivity contribution in [2.24, 2.45) is 23.7 Å². The molecule has 2 saturated heterocycles. The largest absolute Gasteiger partial charge is 0.461 e. The molecule has 0 radical (unpaired) electrons. The van der Waals surface area contributed by atoms with Crippen LogP contribution in [0.2, 0.25) is 0 Å². The zero-order chi connectivity index (χ0) is 55.4. The van der Waals surface area contributed by atoms with Crippen LogP contribution in [0, 0.1) is 23.7 Å². The fourth-order valence-electron chi connectivity index (χ4n) is 7.68. The fraction of sp³-hybridized carbons (Fsp3) is 0.480. The van der Waals surface area contributed by atoms with Crippen LogP contribution in [0.5, 0.6) is 0 Å². The summed E-state index contributed by atoms with van der Waals surface area (Å²) in [6.45, 7) is 11.3. The quantitative estimate of drug-likeness (QED) is 0.0880. The summed E-state index contributed by atoms with van der Waals surface area (Å²) in [6, 6.07) is 1.77. The molecule has 2 aliphatic rings. The van der Waals surface area contributed by atoms with Crippen molar-refractivity contribution in [3.8, 4) is 0 Å². The Morgan fingerprint density at radius 3 is 1.14 bits per heavy atom. The van der Waals surface area contributed by atoms with Crippen molar-refractivity contribution < 1.29 is 57.4 Å². The van der Waals surface area contributed by atoms with Gasteiger partial charge in [0.2, 0.25) is 35.4 Å². The van der Waals surface area contributed by atoms with Gasteiger partial charge in [-0.1, -0.05) is 101 Å². The van der Waals surface area contributed by atoms with Gasteiger partial charge in [0, 0.05) is 11.5 Å². The molecule has 2 aromatic heterocycles. The van der Waals surface area contributed by atoms with E-state index in [1.54, 1.807) is 104 Å². The summed E-state index contributed by atoms with van der Waals surface area (Å²) < 4.78 is 11.3. The number of nitrogens with one attached hydrogen (secondary N) is 8. The molecule has 4 heterocycles. The number of hydrogen-bond acceptors (Lipinski definition) is 18. The maximum atomic E-state index is 14.4. The molecule has 2 fully saturated rings. The molecule has 8 atom stereocenters. The minimum atomic E-state index is -1.67. The Morgan fingerprint density at radius 1 is 0.474 bits per heavy atom. The lowest BCUT2D eigenvalue weighted by Gasteiger charge is -2.30. The highest BCUT2D eigenvalue weighted by atomic mass is 33.1. The Labute approximate surface area is 445 Å². The number of ether oxygens (including phenoxy) is 2. The van der Waals surface area contributed by atoms with Crippen LogP contribution in [0.1, 0.15) is 76.4 Å². The predicted octanol–water partition coefficient (Wildman–Crippen LogP) is 0.498. The minimum absolute atomic E-state index is 0.187. The van der Waals surface area contributed by atoms with Crippen LogP contribution in [0.15, 0.2) is 60.9 Å². The van der Waals surface area contributed by atoms with Crippen molar-refractivity contribution in [3.63, 3.8) is 0 Å². The molecule has 26 heteroatoms. The van der Waals surface area contributed by atoms with Gasteiger partial charge >= 0.3 is 11.9 Å². The number of fused-ring (bicyclic) bond motifs is 7. The molecule has 0 aliphatic carbocycles. The number of benzene rings is 2. The van der Waals surface area contributed by atoms with Gasteiger partial charge in [0.15, 0.2) is 0 Å². The van der Waals surface area contributed by atoms with E-state index in [-0.39, 0.29) is 22.9 Å². The number of rotatable bonds is 8. The van der Waals surface area contributed by atoms with Crippen molar-refractivity contribution in [1.29, 1.82) is 0 Å². The molecule has 24 nitrogen and oxygen atoms in total. The van der Waals surface area contributed by atoms with Crippen molar-refractivity contribution in [3.05, 3.63) is 72.3 Å². The molecular weight excluding hydrogens is 1020 g/mol. The van der Waals surface area contributed by atoms with E-state index in [0.29, 0.717) is 22.1 Å². The first kappa shape index (κ1) is 57.8. The van der Waals surface area contributed by atoms with Crippen LogP contribution in [0.4, 0.5) is 0 Å². The van der Waals surface area contributed by atoms with Gasteiger partial charge in [-0.3, -0.25) is 48.3 Å². The van der Waals surface area contributed by atoms with Crippen molar-refractivity contribution in [2.75, 3.05) is 24.7 Å². The Hall–Kier alpha value is -7.48. The van der Waals surface area contributed by atoms with E-state index >= 15 is 0 Å². The average molecular weight is 1090 g/mol. The first-order valence-corrected chi connectivity index (χ1v) is 27.1. The van der Waals surface area contributed by atoms with Crippen molar-refractivity contribution in [2.45, 2.75) is 104 Å². The predicted molar refractivity (Wildman–Crippen MR) is 279 cm³/mol. The zero-order valence-electron chi connectivity index (χ0n) is 43.0. The lowest BCUT2D eigenvalue weighted by atomic mass is 10.0. The summed E-state index contributed by atoms with van der Waals surface area (Å²) in [7, 11) is 2.04. The molecule has 4 aromatic rings. The van der Waals surface area contributed by atoms with E-state index in [4.69, 9.17) is 9.47 Å². The van der Waals surface area contributed by atoms with Crippen LogP contribution in [-0.4, -0.2) is 152 Å². The second-order valence-corrected chi connectivity index (χ2v) is 22.0. The number of para-hydroxylation sites is 4. The monoisotopic (exact) mass is 1090 g/mol. The summed E-state index contributed by atoms with van der Waals surface area (Å²) in [5, 5.41) is 20.9. The third-order valence-corrected chi connectivity index (χ3v) is 14.6. The van der Waals surface area contributed by atoms with Crippen LogP contribution in [-0.2, 0) is 47.8 Å². The van der Waals surface area contributed by atoms with Crippen molar-refractivity contribution in [1.82, 2.24) is 62.5 Å². The van der Waals surface area contributed by atoms with Gasteiger partial charge in [-0.25, -0.2) is 19.6 Å². The number of esters is 2. The number of aromatic nitrogens is 4. The highest BCUT2D eigenvalue weighted by molar-refractivity contribution is 8.76. The van der Waals surface area contributed by atoms with Crippen LogP contribution in [0.3, 0.4) is 0 Å². The molecule has 6 rings (SSSR count). The summed E-state index contributed by atoms with van der Waals surface area (Å²) in [6.07, 6.45) is 2.39. The van der Waals surface area contributed by atoms with E-state index in [9.17, 15) is 47.9 Å². The normalized spacial score (nSPS) is 24.3. The third kappa shape index (κ3) is 15.1. The molecule has 406 valence electrons. The van der Waals surface area contributed by atoms with Gasteiger partial charge in [-0.15, -0.1) is 0 Å². The van der Waals surface area contributed by atoms with Crippen LogP contribution >= 0.6 is 21.6 Å². The van der Waals surface area contributed by atoms with E-state index < -0.39 is 144 Å². The zero-order valence-corrected chi connectivity index (χ0v) is 44.7. The second-order valence-electron chi connectivity index (χ2n) is 19.4. The first-order chi connectivity index (χ1) is 36.1. The number of carbonyl (C=O) groups excluding carboxylic acids is 10.